The Labute approximate surface area is 166 Å². The number of amides is 1. The summed E-state index contributed by atoms with van der Waals surface area (Å²) in [5, 5.41) is 3.20. The van der Waals surface area contributed by atoms with Crippen molar-refractivity contribution in [1.29, 1.82) is 0 Å². The summed E-state index contributed by atoms with van der Waals surface area (Å²) in [5.41, 5.74) is 0. The van der Waals surface area contributed by atoms with E-state index in [2.05, 4.69) is 12.2 Å². The van der Waals surface area contributed by atoms with E-state index >= 15 is 0 Å². The Morgan fingerprint density at radius 2 is 1.77 bits per heavy atom. The number of benzene rings is 1. The Hall–Kier alpha value is -0.820. The van der Waals surface area contributed by atoms with E-state index in [-0.39, 0.29) is 39.9 Å². The van der Waals surface area contributed by atoms with Gasteiger partial charge in [-0.05, 0) is 31.4 Å². The molecule has 0 aromatic heterocycles. The molecule has 1 saturated heterocycles. The van der Waals surface area contributed by atoms with Gasteiger partial charge in [0, 0.05) is 25.6 Å². The van der Waals surface area contributed by atoms with Crippen LogP contribution in [0.3, 0.4) is 0 Å². The van der Waals surface area contributed by atoms with E-state index in [0.29, 0.717) is 19.4 Å². The molecule has 1 heterocycles. The van der Waals surface area contributed by atoms with Crippen molar-refractivity contribution in [1.82, 2.24) is 9.62 Å². The Morgan fingerprint density at radius 1 is 1.15 bits per heavy atom. The summed E-state index contributed by atoms with van der Waals surface area (Å²) in [6, 6.07) is 4.64. The second kappa shape index (κ2) is 9.93. The molecule has 1 aromatic carbocycles. The van der Waals surface area contributed by atoms with Crippen LogP contribution in [0.25, 0.3) is 0 Å². The van der Waals surface area contributed by atoms with Crippen LogP contribution < -0.4 is 5.32 Å². The van der Waals surface area contributed by atoms with E-state index in [1.807, 2.05) is 0 Å². The van der Waals surface area contributed by atoms with Crippen LogP contribution in [0.4, 0.5) is 0 Å². The Bertz CT molecular complexity index is 697. The zero-order chi connectivity index (χ0) is 19.2. The third-order valence-corrected chi connectivity index (χ3v) is 7.53. The molecule has 5 nitrogen and oxygen atoms in total. The highest BCUT2D eigenvalue weighted by atomic mass is 35.5. The Kier molecular flexibility index (Phi) is 8.20. The first-order valence-corrected chi connectivity index (χ1v) is 11.3. The maximum Gasteiger partial charge on any atom is 0.246 e. The van der Waals surface area contributed by atoms with Gasteiger partial charge in [0.2, 0.25) is 15.9 Å². The van der Waals surface area contributed by atoms with Gasteiger partial charge in [-0.15, -0.1) is 0 Å². The van der Waals surface area contributed by atoms with Crippen LogP contribution in [-0.2, 0) is 14.8 Å². The van der Waals surface area contributed by atoms with Crippen LogP contribution in [0.5, 0.6) is 0 Å². The highest BCUT2D eigenvalue weighted by Gasteiger charge is 2.34. The first-order chi connectivity index (χ1) is 12.4. The quantitative estimate of drug-likeness (QED) is 0.643. The van der Waals surface area contributed by atoms with Gasteiger partial charge in [0.15, 0.2) is 0 Å². The molecule has 1 aromatic rings. The fraction of sp³-hybridized carbons (Fsp3) is 0.611. The number of unbranched alkanes of at least 4 members (excludes halogenated alkanes) is 3. The first kappa shape index (κ1) is 21.5. The fourth-order valence-corrected chi connectivity index (χ4v) is 5.69. The number of nitrogens with zero attached hydrogens (tertiary/aromatic N) is 1. The predicted octanol–water partition coefficient (Wildman–Crippen LogP) is 4.09. The normalized spacial score (nSPS) is 16.6. The van der Waals surface area contributed by atoms with Gasteiger partial charge < -0.3 is 5.32 Å². The second-order valence-electron chi connectivity index (χ2n) is 6.58. The molecule has 0 saturated carbocycles. The maximum absolute atomic E-state index is 12.8. The molecule has 0 spiro atoms. The van der Waals surface area contributed by atoms with Crippen LogP contribution in [0, 0.1) is 5.92 Å². The molecule has 0 radical (unpaired) electrons. The van der Waals surface area contributed by atoms with Gasteiger partial charge in [-0.25, -0.2) is 8.42 Å². The summed E-state index contributed by atoms with van der Waals surface area (Å²) in [6.07, 6.45) is 5.45. The van der Waals surface area contributed by atoms with Gasteiger partial charge in [-0.3, -0.25) is 4.79 Å². The molecule has 146 valence electrons. The number of hydrogen-bond acceptors (Lipinski definition) is 3. The molecular formula is C18H26Cl2N2O3S. The van der Waals surface area contributed by atoms with Crippen molar-refractivity contribution >= 4 is 39.1 Å². The molecule has 1 amide bonds. The summed E-state index contributed by atoms with van der Waals surface area (Å²) in [4.78, 5) is 12.2. The lowest BCUT2D eigenvalue weighted by molar-refractivity contribution is -0.126. The number of hydrogen-bond donors (Lipinski definition) is 1. The third kappa shape index (κ3) is 5.35. The Morgan fingerprint density at radius 3 is 2.35 bits per heavy atom. The first-order valence-electron chi connectivity index (χ1n) is 9.09. The molecule has 1 aliphatic heterocycles. The van der Waals surface area contributed by atoms with Gasteiger partial charge in [0.25, 0.3) is 0 Å². The van der Waals surface area contributed by atoms with Gasteiger partial charge in [-0.2, -0.15) is 4.31 Å². The minimum absolute atomic E-state index is 0.0225. The number of carbonyl (C=O) groups is 1. The lowest BCUT2D eigenvalue weighted by Crippen LogP contribution is -2.43. The van der Waals surface area contributed by atoms with Crippen LogP contribution in [0.15, 0.2) is 23.1 Å². The van der Waals surface area contributed by atoms with E-state index in [1.165, 1.54) is 22.9 Å². The van der Waals surface area contributed by atoms with Crippen molar-refractivity contribution in [2.24, 2.45) is 5.92 Å². The molecule has 2 rings (SSSR count). The minimum Gasteiger partial charge on any atom is -0.356 e. The fourth-order valence-electron chi connectivity index (χ4n) is 3.12. The van der Waals surface area contributed by atoms with Crippen molar-refractivity contribution in [2.45, 2.75) is 50.3 Å². The summed E-state index contributed by atoms with van der Waals surface area (Å²) >= 11 is 12.1. The largest absolute Gasteiger partial charge is 0.356 e. The smallest absolute Gasteiger partial charge is 0.246 e. The van der Waals surface area contributed by atoms with Crippen LogP contribution >= 0.6 is 23.2 Å². The number of rotatable bonds is 8. The van der Waals surface area contributed by atoms with Gasteiger partial charge in [0.1, 0.15) is 4.90 Å². The van der Waals surface area contributed by atoms with Crippen molar-refractivity contribution in [3.63, 3.8) is 0 Å². The number of piperidine rings is 1. The average Bonchev–Trinajstić information content (AvgIpc) is 2.61. The molecule has 26 heavy (non-hydrogen) atoms. The molecule has 0 atom stereocenters. The zero-order valence-electron chi connectivity index (χ0n) is 15.0. The molecular weight excluding hydrogens is 395 g/mol. The van der Waals surface area contributed by atoms with Crippen molar-refractivity contribution in [3.8, 4) is 0 Å². The van der Waals surface area contributed by atoms with Crippen molar-refractivity contribution in [2.75, 3.05) is 19.6 Å². The monoisotopic (exact) mass is 420 g/mol. The van der Waals surface area contributed by atoms with Gasteiger partial charge in [-0.1, -0.05) is 55.5 Å². The maximum atomic E-state index is 12.8. The number of sulfonamides is 1. The molecule has 8 heteroatoms. The topological polar surface area (TPSA) is 66.5 Å². The van der Waals surface area contributed by atoms with Crippen molar-refractivity contribution < 1.29 is 13.2 Å². The molecule has 0 unspecified atom stereocenters. The molecule has 1 aliphatic rings. The number of halogens is 2. The standard InChI is InChI=1S/C18H26Cl2N2O3S/c1-2-3-4-5-11-21-18(23)14-9-12-22(13-10-14)26(24,25)17-15(19)7-6-8-16(17)20/h6-8,14H,2-5,9-13H2,1H3,(H,21,23). The van der Waals surface area contributed by atoms with Crippen LogP contribution in [-0.4, -0.2) is 38.3 Å². The zero-order valence-corrected chi connectivity index (χ0v) is 17.3. The van der Waals surface area contributed by atoms with Crippen molar-refractivity contribution in [3.05, 3.63) is 28.2 Å². The second-order valence-corrected chi connectivity index (χ2v) is 9.27. The van der Waals surface area contributed by atoms with E-state index in [4.69, 9.17) is 23.2 Å². The molecule has 0 aliphatic carbocycles. The molecule has 0 bridgehead atoms. The summed E-state index contributed by atoms with van der Waals surface area (Å²) in [5.74, 6) is -0.122. The van der Waals surface area contributed by atoms with E-state index in [9.17, 15) is 13.2 Å². The summed E-state index contributed by atoms with van der Waals surface area (Å²) < 4.78 is 27.0. The number of nitrogens with one attached hydrogen (secondary N) is 1. The lowest BCUT2D eigenvalue weighted by Gasteiger charge is -2.31. The highest BCUT2D eigenvalue weighted by Crippen LogP contribution is 2.33. The summed E-state index contributed by atoms with van der Waals surface area (Å²) in [7, 11) is -3.76. The van der Waals surface area contributed by atoms with E-state index in [0.717, 1.165) is 19.3 Å². The third-order valence-electron chi connectivity index (χ3n) is 4.67. The van der Waals surface area contributed by atoms with Crippen LogP contribution in [0.2, 0.25) is 10.0 Å². The highest BCUT2D eigenvalue weighted by molar-refractivity contribution is 7.89. The van der Waals surface area contributed by atoms with Crippen LogP contribution in [0.1, 0.15) is 45.4 Å². The van der Waals surface area contributed by atoms with E-state index < -0.39 is 10.0 Å². The predicted molar refractivity (Wildman–Crippen MR) is 105 cm³/mol. The SMILES string of the molecule is CCCCCCNC(=O)C1CCN(S(=O)(=O)c2c(Cl)cccc2Cl)CC1. The lowest BCUT2D eigenvalue weighted by atomic mass is 9.97. The van der Waals surface area contributed by atoms with Gasteiger partial charge in [0.05, 0.1) is 10.0 Å². The minimum atomic E-state index is -3.76. The summed E-state index contributed by atoms with van der Waals surface area (Å²) in [6.45, 7) is 3.42. The van der Waals surface area contributed by atoms with Gasteiger partial charge >= 0.3 is 0 Å². The molecule has 1 N–H and O–H groups in total. The Balaban J connectivity index is 1.90. The van der Waals surface area contributed by atoms with E-state index in [1.54, 1.807) is 6.07 Å². The number of carbonyl (C=O) groups excluding carboxylic acids is 1. The molecule has 1 fully saturated rings. The average molecular weight is 421 g/mol.